The highest BCUT2D eigenvalue weighted by molar-refractivity contribution is 7.16. The number of aryl methyl sites for hydroxylation is 3. The summed E-state index contributed by atoms with van der Waals surface area (Å²) in [6.45, 7) is 4.70. The van der Waals surface area contributed by atoms with Gasteiger partial charge in [0, 0.05) is 30.1 Å². The number of nitrogens with zero attached hydrogens (tertiary/aromatic N) is 2. The van der Waals surface area contributed by atoms with Crippen LogP contribution in [0.3, 0.4) is 0 Å². The van der Waals surface area contributed by atoms with E-state index >= 15 is 0 Å². The van der Waals surface area contributed by atoms with E-state index in [0.717, 1.165) is 28.2 Å². The van der Waals surface area contributed by atoms with Gasteiger partial charge in [0.25, 0.3) is 0 Å². The number of nitrogens with two attached hydrogens (primary N) is 1. The van der Waals surface area contributed by atoms with Crippen LogP contribution in [-0.4, -0.2) is 22.4 Å². The number of rotatable bonds is 6. The third-order valence-electron chi connectivity index (χ3n) is 4.32. The topological polar surface area (TPSA) is 55.9 Å². The fraction of sp³-hybridized carbons (Fsp3) is 0.316. The van der Waals surface area contributed by atoms with Gasteiger partial charge in [-0.25, -0.2) is 4.39 Å². The predicted molar refractivity (Wildman–Crippen MR) is 103 cm³/mol. The summed E-state index contributed by atoms with van der Waals surface area (Å²) in [5.41, 5.74) is 10.5. The van der Waals surface area contributed by atoms with Crippen molar-refractivity contribution in [1.29, 1.82) is 0 Å². The standard InChI is InChI=1S/C19H23FN4S/c1-12-11-22-24(3)19(12)17-9-18(25-13(17)2)23-16(10-21)8-14-4-6-15(20)7-5-14/h4-7,9,11,16,23H,8,10,21H2,1-3H3/t16-/m0/s1. The third kappa shape index (κ3) is 3.91. The molecule has 6 heteroatoms. The van der Waals surface area contributed by atoms with Crippen molar-refractivity contribution < 1.29 is 4.39 Å². The van der Waals surface area contributed by atoms with Crippen LogP contribution in [0, 0.1) is 19.7 Å². The molecular formula is C19H23FN4S. The lowest BCUT2D eigenvalue weighted by Gasteiger charge is -2.17. The molecule has 0 fully saturated rings. The van der Waals surface area contributed by atoms with Crippen LogP contribution in [0.2, 0.25) is 0 Å². The lowest BCUT2D eigenvalue weighted by Crippen LogP contribution is -2.30. The molecule has 0 bridgehead atoms. The van der Waals surface area contributed by atoms with Gasteiger partial charge in [0.2, 0.25) is 0 Å². The van der Waals surface area contributed by atoms with E-state index in [4.69, 9.17) is 5.73 Å². The first-order valence-corrected chi connectivity index (χ1v) is 9.10. The number of anilines is 1. The Morgan fingerprint density at radius 1 is 1.28 bits per heavy atom. The van der Waals surface area contributed by atoms with E-state index in [1.54, 1.807) is 11.3 Å². The highest BCUT2D eigenvalue weighted by Crippen LogP contribution is 2.35. The number of nitrogens with one attached hydrogen (secondary N) is 1. The van der Waals surface area contributed by atoms with Crippen molar-refractivity contribution >= 4 is 16.3 Å². The number of hydrogen-bond acceptors (Lipinski definition) is 4. The average Bonchev–Trinajstić information content (AvgIpc) is 3.10. The highest BCUT2D eigenvalue weighted by atomic mass is 32.1. The Labute approximate surface area is 151 Å². The van der Waals surface area contributed by atoms with Gasteiger partial charge in [-0.05, 0) is 49.6 Å². The number of benzene rings is 1. The molecule has 0 aliphatic heterocycles. The molecule has 0 unspecified atom stereocenters. The van der Waals surface area contributed by atoms with Crippen molar-refractivity contribution in [1.82, 2.24) is 9.78 Å². The van der Waals surface area contributed by atoms with Gasteiger partial charge in [-0.2, -0.15) is 5.10 Å². The van der Waals surface area contributed by atoms with Gasteiger partial charge in [-0.3, -0.25) is 4.68 Å². The molecule has 0 amide bonds. The van der Waals surface area contributed by atoms with E-state index in [2.05, 4.69) is 30.3 Å². The van der Waals surface area contributed by atoms with Crippen LogP contribution in [0.25, 0.3) is 11.3 Å². The summed E-state index contributed by atoms with van der Waals surface area (Å²) in [6.07, 6.45) is 2.64. The quantitative estimate of drug-likeness (QED) is 0.703. The summed E-state index contributed by atoms with van der Waals surface area (Å²) >= 11 is 1.72. The fourth-order valence-electron chi connectivity index (χ4n) is 3.02. The fourth-order valence-corrected chi connectivity index (χ4v) is 4.02. The first-order valence-electron chi connectivity index (χ1n) is 8.28. The Kier molecular flexibility index (Phi) is 5.20. The number of thiophene rings is 1. The molecular weight excluding hydrogens is 335 g/mol. The van der Waals surface area contributed by atoms with Crippen LogP contribution in [0.4, 0.5) is 9.39 Å². The maximum atomic E-state index is 13.1. The Balaban J connectivity index is 1.78. The number of aromatic nitrogens is 2. The van der Waals surface area contributed by atoms with Gasteiger partial charge >= 0.3 is 0 Å². The Bertz CT molecular complexity index is 831. The molecule has 0 saturated heterocycles. The minimum atomic E-state index is -0.217. The molecule has 132 valence electrons. The summed E-state index contributed by atoms with van der Waals surface area (Å²) in [5.74, 6) is -0.217. The summed E-state index contributed by atoms with van der Waals surface area (Å²) < 4.78 is 15.0. The van der Waals surface area contributed by atoms with Crippen molar-refractivity contribution in [2.75, 3.05) is 11.9 Å². The smallest absolute Gasteiger partial charge is 0.123 e. The second-order valence-corrected chi connectivity index (χ2v) is 7.54. The van der Waals surface area contributed by atoms with Gasteiger partial charge in [-0.1, -0.05) is 12.1 Å². The summed E-state index contributed by atoms with van der Waals surface area (Å²) in [4.78, 5) is 1.24. The first kappa shape index (κ1) is 17.6. The summed E-state index contributed by atoms with van der Waals surface area (Å²) in [7, 11) is 1.96. The number of hydrogen-bond donors (Lipinski definition) is 2. The zero-order chi connectivity index (χ0) is 18.0. The molecule has 2 heterocycles. The molecule has 0 radical (unpaired) electrons. The molecule has 25 heavy (non-hydrogen) atoms. The van der Waals surface area contributed by atoms with Gasteiger partial charge in [0.15, 0.2) is 0 Å². The molecule has 3 aromatic rings. The molecule has 3 rings (SSSR count). The minimum absolute atomic E-state index is 0.101. The van der Waals surface area contributed by atoms with Crippen LogP contribution in [0.5, 0.6) is 0 Å². The van der Waals surface area contributed by atoms with Crippen molar-refractivity contribution in [3.63, 3.8) is 0 Å². The SMILES string of the molecule is Cc1cnn(C)c1-c1cc(N[C@H](CN)Cc2ccc(F)cc2)sc1C. The normalized spacial score (nSPS) is 12.4. The van der Waals surface area contributed by atoms with E-state index in [1.807, 2.05) is 30.1 Å². The lowest BCUT2D eigenvalue weighted by molar-refractivity contribution is 0.626. The summed E-state index contributed by atoms with van der Waals surface area (Å²) in [5, 5.41) is 8.95. The Hall–Kier alpha value is -2.18. The van der Waals surface area contributed by atoms with Crippen molar-refractivity contribution in [2.45, 2.75) is 26.3 Å². The van der Waals surface area contributed by atoms with Crippen LogP contribution in [0.15, 0.2) is 36.5 Å². The van der Waals surface area contributed by atoms with E-state index in [1.165, 1.54) is 22.6 Å². The maximum Gasteiger partial charge on any atom is 0.123 e. The molecule has 0 spiro atoms. The van der Waals surface area contributed by atoms with Crippen LogP contribution >= 0.6 is 11.3 Å². The maximum absolute atomic E-state index is 13.1. The molecule has 3 N–H and O–H groups in total. The van der Waals surface area contributed by atoms with Gasteiger partial charge in [-0.15, -0.1) is 11.3 Å². The molecule has 1 atom stereocenters. The zero-order valence-electron chi connectivity index (χ0n) is 14.7. The molecule has 0 aliphatic rings. The highest BCUT2D eigenvalue weighted by Gasteiger charge is 2.16. The van der Waals surface area contributed by atoms with Crippen LogP contribution in [0.1, 0.15) is 16.0 Å². The number of halogens is 1. The van der Waals surface area contributed by atoms with E-state index in [0.29, 0.717) is 6.54 Å². The predicted octanol–water partition coefficient (Wildman–Crippen LogP) is 3.89. The second-order valence-electron chi connectivity index (χ2n) is 6.29. The van der Waals surface area contributed by atoms with Gasteiger partial charge < -0.3 is 11.1 Å². The zero-order valence-corrected chi connectivity index (χ0v) is 15.5. The first-order chi connectivity index (χ1) is 12.0. The molecule has 1 aromatic carbocycles. The van der Waals surface area contributed by atoms with E-state index in [-0.39, 0.29) is 11.9 Å². The third-order valence-corrected chi connectivity index (χ3v) is 5.30. The lowest BCUT2D eigenvalue weighted by atomic mass is 10.1. The second kappa shape index (κ2) is 7.37. The van der Waals surface area contributed by atoms with Crippen molar-refractivity contribution in [2.24, 2.45) is 12.8 Å². The molecule has 2 aromatic heterocycles. The van der Waals surface area contributed by atoms with E-state index < -0.39 is 0 Å². The van der Waals surface area contributed by atoms with Crippen LogP contribution in [-0.2, 0) is 13.5 Å². The van der Waals surface area contributed by atoms with Crippen molar-refractivity contribution in [3.8, 4) is 11.3 Å². The summed E-state index contributed by atoms with van der Waals surface area (Å²) in [6, 6.07) is 8.86. The monoisotopic (exact) mass is 358 g/mol. The van der Waals surface area contributed by atoms with E-state index in [9.17, 15) is 4.39 Å². The molecule has 4 nitrogen and oxygen atoms in total. The Morgan fingerprint density at radius 2 is 2.00 bits per heavy atom. The average molecular weight is 358 g/mol. The van der Waals surface area contributed by atoms with Crippen LogP contribution < -0.4 is 11.1 Å². The van der Waals surface area contributed by atoms with Crippen molar-refractivity contribution in [3.05, 3.63) is 58.3 Å². The molecule has 0 aliphatic carbocycles. The Morgan fingerprint density at radius 3 is 2.60 bits per heavy atom. The minimum Gasteiger partial charge on any atom is -0.373 e. The van der Waals surface area contributed by atoms with Gasteiger partial charge in [0.05, 0.1) is 16.9 Å². The largest absolute Gasteiger partial charge is 0.373 e. The molecule has 0 saturated carbocycles. The van der Waals surface area contributed by atoms with Gasteiger partial charge in [0.1, 0.15) is 5.82 Å².